The summed E-state index contributed by atoms with van der Waals surface area (Å²) in [6.07, 6.45) is 1.19. The van der Waals surface area contributed by atoms with Crippen LogP contribution in [0, 0.1) is 0 Å². The summed E-state index contributed by atoms with van der Waals surface area (Å²) in [4.78, 5) is 2.21. The van der Waals surface area contributed by atoms with E-state index in [2.05, 4.69) is 63.9 Å². The average molecular weight is 234 g/mol. The molecule has 0 bridgehead atoms. The smallest absolute Gasteiger partial charge is 0.0364 e. The molecule has 0 saturated carbocycles. The number of rotatable bonds is 5. The summed E-state index contributed by atoms with van der Waals surface area (Å²) in [5.74, 6) is 0.639. The van der Waals surface area contributed by atoms with E-state index in [0.717, 1.165) is 6.54 Å². The maximum Gasteiger partial charge on any atom is 0.0364 e. The molecule has 1 rings (SSSR count). The Morgan fingerprint density at radius 1 is 1.24 bits per heavy atom. The van der Waals surface area contributed by atoms with Crippen LogP contribution in [0.5, 0.6) is 0 Å². The maximum absolute atomic E-state index is 6.03. The molecule has 0 aliphatic heterocycles. The number of likely N-dealkylation sites (N-methyl/N-ethyl adjacent to an activating group) is 1. The summed E-state index contributed by atoms with van der Waals surface area (Å²) < 4.78 is 0. The highest BCUT2D eigenvalue weighted by Crippen LogP contribution is 2.22. The molecule has 0 heterocycles. The number of nitrogens with two attached hydrogens (primary N) is 1. The van der Waals surface area contributed by atoms with Crippen LogP contribution in [0.15, 0.2) is 24.3 Å². The average Bonchev–Trinajstić information content (AvgIpc) is 2.26. The molecule has 1 atom stereocenters. The van der Waals surface area contributed by atoms with E-state index in [4.69, 9.17) is 5.73 Å². The minimum Gasteiger partial charge on any atom is -0.373 e. The van der Waals surface area contributed by atoms with Crippen LogP contribution in [0.3, 0.4) is 0 Å². The van der Waals surface area contributed by atoms with Gasteiger partial charge in [-0.05, 0) is 43.9 Å². The molecule has 0 aliphatic carbocycles. The molecular formula is C15H26N2. The summed E-state index contributed by atoms with van der Waals surface area (Å²) in [6, 6.07) is 8.83. The van der Waals surface area contributed by atoms with Gasteiger partial charge >= 0.3 is 0 Å². The Hall–Kier alpha value is -1.02. The molecule has 2 nitrogen and oxygen atoms in total. The zero-order chi connectivity index (χ0) is 13.1. The van der Waals surface area contributed by atoms with Gasteiger partial charge in [-0.3, -0.25) is 0 Å². The Balaban J connectivity index is 2.74. The Bertz CT molecular complexity index is 335. The summed E-state index contributed by atoms with van der Waals surface area (Å²) in [6.45, 7) is 9.45. The Morgan fingerprint density at radius 2 is 1.76 bits per heavy atom. The van der Waals surface area contributed by atoms with Gasteiger partial charge in [-0.25, -0.2) is 0 Å². The lowest BCUT2D eigenvalue weighted by molar-refractivity contribution is 0.519. The van der Waals surface area contributed by atoms with Crippen LogP contribution >= 0.6 is 0 Å². The van der Waals surface area contributed by atoms with Crippen molar-refractivity contribution in [2.45, 2.75) is 45.6 Å². The summed E-state index contributed by atoms with van der Waals surface area (Å²) >= 11 is 0. The lowest BCUT2D eigenvalue weighted by Crippen LogP contribution is -2.44. The molecule has 1 aromatic carbocycles. The highest BCUT2D eigenvalue weighted by molar-refractivity contribution is 5.47. The highest BCUT2D eigenvalue weighted by atomic mass is 15.1. The standard InChI is InChI=1S/C15H26N2/c1-6-12(2)13-7-9-14(10-8-13)17(5)11-15(3,4)16/h7-10,12H,6,11,16H2,1-5H3. The van der Waals surface area contributed by atoms with Gasteiger partial charge in [0, 0.05) is 24.8 Å². The van der Waals surface area contributed by atoms with Crippen molar-refractivity contribution in [1.29, 1.82) is 0 Å². The van der Waals surface area contributed by atoms with E-state index in [1.54, 1.807) is 0 Å². The molecule has 1 unspecified atom stereocenters. The van der Waals surface area contributed by atoms with Crippen LogP contribution in [0.2, 0.25) is 0 Å². The molecule has 0 fully saturated rings. The molecule has 96 valence electrons. The molecule has 0 radical (unpaired) electrons. The van der Waals surface area contributed by atoms with Gasteiger partial charge < -0.3 is 10.6 Å². The van der Waals surface area contributed by atoms with Crippen molar-refractivity contribution in [3.63, 3.8) is 0 Å². The third-order valence-electron chi connectivity index (χ3n) is 3.16. The SMILES string of the molecule is CCC(C)c1ccc(N(C)CC(C)(C)N)cc1. The van der Waals surface area contributed by atoms with E-state index in [9.17, 15) is 0 Å². The van der Waals surface area contributed by atoms with Crippen molar-refractivity contribution >= 4 is 5.69 Å². The minimum atomic E-state index is -0.163. The molecule has 2 N–H and O–H groups in total. The van der Waals surface area contributed by atoms with Crippen LogP contribution in [0.25, 0.3) is 0 Å². The van der Waals surface area contributed by atoms with E-state index in [-0.39, 0.29) is 5.54 Å². The molecule has 0 spiro atoms. The Kier molecular flexibility index (Phi) is 4.58. The molecule has 17 heavy (non-hydrogen) atoms. The van der Waals surface area contributed by atoms with Gasteiger partial charge in [0.25, 0.3) is 0 Å². The largest absolute Gasteiger partial charge is 0.373 e. The second-order valence-electron chi connectivity index (χ2n) is 5.75. The third kappa shape index (κ3) is 4.39. The first-order valence-corrected chi connectivity index (χ1v) is 6.43. The number of benzene rings is 1. The number of hydrogen-bond acceptors (Lipinski definition) is 2. The van der Waals surface area contributed by atoms with Gasteiger partial charge in [0.2, 0.25) is 0 Å². The summed E-state index contributed by atoms with van der Waals surface area (Å²) in [5, 5.41) is 0. The third-order valence-corrected chi connectivity index (χ3v) is 3.16. The van der Waals surface area contributed by atoms with Crippen LogP contribution < -0.4 is 10.6 Å². The van der Waals surface area contributed by atoms with Crippen molar-refractivity contribution in [1.82, 2.24) is 0 Å². The van der Waals surface area contributed by atoms with E-state index >= 15 is 0 Å². The first-order valence-electron chi connectivity index (χ1n) is 6.43. The van der Waals surface area contributed by atoms with Crippen LogP contribution in [-0.2, 0) is 0 Å². The van der Waals surface area contributed by atoms with Crippen LogP contribution in [-0.4, -0.2) is 19.1 Å². The van der Waals surface area contributed by atoms with Gasteiger partial charge in [0.15, 0.2) is 0 Å². The van der Waals surface area contributed by atoms with Crippen molar-refractivity contribution in [3.05, 3.63) is 29.8 Å². The zero-order valence-corrected chi connectivity index (χ0v) is 11.8. The van der Waals surface area contributed by atoms with Gasteiger partial charge in [-0.1, -0.05) is 26.0 Å². The first-order chi connectivity index (χ1) is 7.83. The summed E-state index contributed by atoms with van der Waals surface area (Å²) in [7, 11) is 2.09. The fourth-order valence-corrected chi connectivity index (χ4v) is 2.00. The second kappa shape index (κ2) is 5.54. The van der Waals surface area contributed by atoms with Gasteiger partial charge in [-0.2, -0.15) is 0 Å². The molecular weight excluding hydrogens is 208 g/mol. The fraction of sp³-hybridized carbons (Fsp3) is 0.600. The van der Waals surface area contributed by atoms with Crippen molar-refractivity contribution in [3.8, 4) is 0 Å². The van der Waals surface area contributed by atoms with E-state index in [0.29, 0.717) is 5.92 Å². The van der Waals surface area contributed by atoms with Gasteiger partial charge in [0.1, 0.15) is 0 Å². The monoisotopic (exact) mass is 234 g/mol. The van der Waals surface area contributed by atoms with E-state index < -0.39 is 0 Å². The quantitative estimate of drug-likeness (QED) is 0.846. The number of anilines is 1. The topological polar surface area (TPSA) is 29.3 Å². The molecule has 0 aromatic heterocycles. The van der Waals surface area contributed by atoms with E-state index in [1.165, 1.54) is 17.7 Å². The molecule has 0 amide bonds. The van der Waals surface area contributed by atoms with Gasteiger partial charge in [0.05, 0.1) is 0 Å². The lowest BCUT2D eigenvalue weighted by Gasteiger charge is -2.28. The van der Waals surface area contributed by atoms with Crippen LogP contribution in [0.1, 0.15) is 45.6 Å². The predicted octanol–water partition coefficient (Wildman–Crippen LogP) is 3.37. The lowest BCUT2D eigenvalue weighted by atomic mass is 9.98. The van der Waals surface area contributed by atoms with Crippen molar-refractivity contribution < 1.29 is 0 Å². The maximum atomic E-state index is 6.03. The Morgan fingerprint density at radius 3 is 2.18 bits per heavy atom. The fourth-order valence-electron chi connectivity index (χ4n) is 2.00. The second-order valence-corrected chi connectivity index (χ2v) is 5.75. The van der Waals surface area contributed by atoms with Crippen molar-refractivity contribution in [2.75, 3.05) is 18.5 Å². The molecule has 1 aromatic rings. The molecule has 0 aliphatic rings. The minimum absolute atomic E-state index is 0.163. The van der Waals surface area contributed by atoms with Gasteiger partial charge in [-0.15, -0.1) is 0 Å². The normalized spacial score (nSPS) is 13.5. The number of nitrogens with zero attached hydrogens (tertiary/aromatic N) is 1. The van der Waals surface area contributed by atoms with Crippen LogP contribution in [0.4, 0.5) is 5.69 Å². The number of hydrogen-bond donors (Lipinski definition) is 1. The predicted molar refractivity (Wildman–Crippen MR) is 76.7 cm³/mol. The zero-order valence-electron chi connectivity index (χ0n) is 11.8. The summed E-state index contributed by atoms with van der Waals surface area (Å²) in [5.41, 5.74) is 8.51. The first kappa shape index (κ1) is 14.0. The van der Waals surface area contributed by atoms with E-state index in [1.807, 2.05) is 0 Å². The highest BCUT2D eigenvalue weighted by Gasteiger charge is 2.14. The van der Waals surface area contributed by atoms with Crippen molar-refractivity contribution in [2.24, 2.45) is 5.73 Å². The molecule has 2 heteroatoms. The molecule has 0 saturated heterocycles. The Labute approximate surface area is 106 Å².